The van der Waals surface area contributed by atoms with Gasteiger partial charge < -0.3 is 10.2 Å². The fraction of sp³-hybridized carbons (Fsp3) is 0.182. The second kappa shape index (κ2) is 11.3. The average Bonchev–Trinajstić information content (AvgIpc) is 3.49. The summed E-state index contributed by atoms with van der Waals surface area (Å²) in [5, 5.41) is 16.8. The van der Waals surface area contributed by atoms with Gasteiger partial charge in [0.1, 0.15) is 11.7 Å². The van der Waals surface area contributed by atoms with Crippen LogP contribution in [0.1, 0.15) is 61.5 Å². The maximum absolute atomic E-state index is 14.3. The molecule has 43 heavy (non-hydrogen) atoms. The van der Waals surface area contributed by atoms with Crippen molar-refractivity contribution in [3.8, 4) is 11.8 Å². The first-order chi connectivity index (χ1) is 20.8. The SMILES string of the molecule is CNC(=O)c1ccc(-n2c(=O)c3c(n4ncc(C(C)c5ccccc5)c24)CN(C(=O)c2ccc(Br)c(C#N)c2)CC3)cc1. The van der Waals surface area contributed by atoms with Crippen molar-refractivity contribution in [2.75, 3.05) is 13.6 Å². The Bertz CT molecular complexity index is 1990. The number of nitrogens with zero attached hydrogens (tertiary/aromatic N) is 5. The van der Waals surface area contributed by atoms with Crippen molar-refractivity contribution in [2.24, 2.45) is 0 Å². The van der Waals surface area contributed by atoms with Gasteiger partial charge in [-0.3, -0.25) is 19.0 Å². The maximum atomic E-state index is 14.3. The average molecular weight is 636 g/mol. The number of carbonyl (C=O) groups excluding carboxylic acids is 2. The minimum Gasteiger partial charge on any atom is -0.355 e. The normalized spacial score (nSPS) is 13.3. The standard InChI is InChI=1S/C33H27BrN6O3/c1-20(21-6-4-3-5-7-21)27-18-37-40-29-19-38(32(42)23-10-13-28(34)24(16-23)17-35)15-14-26(29)33(43)39(31(27)40)25-11-8-22(9-12-25)30(41)36-2/h3-13,16,18,20H,14-15,19H2,1-2H3,(H,36,41). The summed E-state index contributed by atoms with van der Waals surface area (Å²) in [6, 6.07) is 24.0. The number of hydrogen-bond donors (Lipinski definition) is 1. The summed E-state index contributed by atoms with van der Waals surface area (Å²) in [7, 11) is 1.57. The molecule has 0 bridgehead atoms. The third-order valence-corrected chi connectivity index (χ3v) is 8.71. The van der Waals surface area contributed by atoms with Crippen LogP contribution in [0.4, 0.5) is 0 Å². The van der Waals surface area contributed by atoms with Gasteiger partial charge in [-0.25, -0.2) is 4.52 Å². The van der Waals surface area contributed by atoms with Crippen LogP contribution in [0.2, 0.25) is 0 Å². The molecule has 0 spiro atoms. The van der Waals surface area contributed by atoms with Crippen LogP contribution in [0.5, 0.6) is 0 Å². The van der Waals surface area contributed by atoms with Gasteiger partial charge in [-0.1, -0.05) is 37.3 Å². The van der Waals surface area contributed by atoms with Gasteiger partial charge in [0.25, 0.3) is 17.4 Å². The third-order valence-electron chi connectivity index (χ3n) is 8.02. The molecule has 9 nitrogen and oxygen atoms in total. The number of hydrogen-bond acceptors (Lipinski definition) is 5. The summed E-state index contributed by atoms with van der Waals surface area (Å²) in [6.07, 6.45) is 2.13. The predicted molar refractivity (Wildman–Crippen MR) is 165 cm³/mol. The Labute approximate surface area is 256 Å². The topological polar surface area (TPSA) is 112 Å². The molecule has 1 atom stereocenters. The lowest BCUT2D eigenvalue weighted by molar-refractivity contribution is 0.0729. The van der Waals surface area contributed by atoms with Crippen LogP contribution >= 0.6 is 15.9 Å². The minimum atomic E-state index is -0.221. The zero-order valence-corrected chi connectivity index (χ0v) is 25.1. The Balaban J connectivity index is 1.51. The van der Waals surface area contributed by atoms with E-state index in [0.29, 0.717) is 56.7 Å². The molecule has 0 aliphatic carbocycles. The number of nitriles is 1. The molecule has 3 heterocycles. The number of rotatable bonds is 5. The lowest BCUT2D eigenvalue weighted by Crippen LogP contribution is -2.41. The molecule has 3 aromatic carbocycles. The predicted octanol–water partition coefficient (Wildman–Crippen LogP) is 4.83. The van der Waals surface area contributed by atoms with Crippen molar-refractivity contribution in [2.45, 2.75) is 25.8 Å². The summed E-state index contributed by atoms with van der Waals surface area (Å²) in [5.41, 5.74) is 5.49. The summed E-state index contributed by atoms with van der Waals surface area (Å²) >= 11 is 3.35. The zero-order valence-electron chi connectivity index (χ0n) is 23.5. The summed E-state index contributed by atoms with van der Waals surface area (Å²) < 4.78 is 4.07. The first-order valence-corrected chi connectivity index (χ1v) is 14.6. The molecule has 10 heteroatoms. The third kappa shape index (κ3) is 4.91. The molecule has 1 aliphatic rings. The zero-order chi connectivity index (χ0) is 30.2. The van der Waals surface area contributed by atoms with E-state index >= 15 is 0 Å². The van der Waals surface area contributed by atoms with E-state index in [1.54, 1.807) is 69.7 Å². The molecule has 0 radical (unpaired) electrons. The van der Waals surface area contributed by atoms with E-state index in [2.05, 4.69) is 34.2 Å². The Morgan fingerprint density at radius 2 is 1.77 bits per heavy atom. The highest BCUT2D eigenvalue weighted by Gasteiger charge is 2.30. The highest BCUT2D eigenvalue weighted by atomic mass is 79.9. The van der Waals surface area contributed by atoms with Gasteiger partial charge in [0.15, 0.2) is 0 Å². The lowest BCUT2D eigenvalue weighted by atomic mass is 9.95. The molecular weight excluding hydrogens is 608 g/mol. The van der Waals surface area contributed by atoms with Gasteiger partial charge in [-0.15, -0.1) is 0 Å². The van der Waals surface area contributed by atoms with E-state index in [1.165, 1.54) is 0 Å². The first kappa shape index (κ1) is 28.1. The quantitative estimate of drug-likeness (QED) is 0.298. The molecule has 2 amide bonds. The largest absolute Gasteiger partial charge is 0.355 e. The summed E-state index contributed by atoms with van der Waals surface area (Å²) in [6.45, 7) is 2.61. The van der Waals surface area contributed by atoms with Crippen LogP contribution in [0.25, 0.3) is 11.3 Å². The summed E-state index contributed by atoms with van der Waals surface area (Å²) in [5.74, 6) is -0.516. The Morgan fingerprint density at radius 3 is 2.47 bits per heavy atom. The van der Waals surface area contributed by atoms with Crippen molar-refractivity contribution in [1.29, 1.82) is 5.26 Å². The number of benzene rings is 3. The summed E-state index contributed by atoms with van der Waals surface area (Å²) in [4.78, 5) is 41.7. The van der Waals surface area contributed by atoms with Crippen LogP contribution < -0.4 is 10.9 Å². The number of halogens is 1. The molecule has 1 N–H and O–H groups in total. The monoisotopic (exact) mass is 634 g/mol. The van der Waals surface area contributed by atoms with E-state index in [9.17, 15) is 19.6 Å². The van der Waals surface area contributed by atoms with Gasteiger partial charge in [-0.05, 0) is 70.4 Å². The Hall–Kier alpha value is -5.01. The van der Waals surface area contributed by atoms with Gasteiger partial charge in [0.2, 0.25) is 0 Å². The minimum absolute atomic E-state index is 0.0824. The van der Waals surface area contributed by atoms with Crippen LogP contribution in [-0.4, -0.2) is 44.5 Å². The van der Waals surface area contributed by atoms with Gasteiger partial charge in [0.05, 0.1) is 29.7 Å². The molecule has 1 aliphatic heterocycles. The first-order valence-electron chi connectivity index (χ1n) is 13.8. The highest BCUT2D eigenvalue weighted by molar-refractivity contribution is 9.10. The fourth-order valence-electron chi connectivity index (χ4n) is 5.65. The van der Waals surface area contributed by atoms with Crippen LogP contribution in [0, 0.1) is 11.3 Å². The van der Waals surface area contributed by atoms with Crippen LogP contribution in [0.15, 0.2) is 88.3 Å². The number of nitrogens with one attached hydrogen (secondary N) is 1. The van der Waals surface area contributed by atoms with E-state index in [1.807, 2.05) is 30.3 Å². The molecule has 0 saturated carbocycles. The molecular formula is C33H27BrN6O3. The Morgan fingerprint density at radius 1 is 1.05 bits per heavy atom. The lowest BCUT2D eigenvalue weighted by Gasteiger charge is -2.30. The van der Waals surface area contributed by atoms with Gasteiger partial charge in [0, 0.05) is 46.2 Å². The van der Waals surface area contributed by atoms with E-state index < -0.39 is 0 Å². The van der Waals surface area contributed by atoms with Crippen molar-refractivity contribution in [3.05, 3.63) is 133 Å². The molecule has 5 aromatic rings. The smallest absolute Gasteiger partial charge is 0.261 e. The van der Waals surface area contributed by atoms with Crippen molar-refractivity contribution in [1.82, 2.24) is 24.4 Å². The molecule has 1 unspecified atom stereocenters. The van der Waals surface area contributed by atoms with Gasteiger partial charge >= 0.3 is 0 Å². The molecule has 214 valence electrons. The second-order valence-electron chi connectivity index (χ2n) is 10.4. The van der Waals surface area contributed by atoms with Crippen molar-refractivity contribution in [3.63, 3.8) is 0 Å². The van der Waals surface area contributed by atoms with Crippen molar-refractivity contribution < 1.29 is 9.59 Å². The number of amides is 2. The van der Waals surface area contributed by atoms with E-state index in [-0.39, 0.29) is 29.8 Å². The Kier molecular flexibility index (Phi) is 7.42. The van der Waals surface area contributed by atoms with E-state index in [4.69, 9.17) is 5.10 Å². The fourth-order valence-corrected chi connectivity index (χ4v) is 5.99. The molecule has 0 saturated heterocycles. The second-order valence-corrected chi connectivity index (χ2v) is 11.3. The van der Waals surface area contributed by atoms with Crippen molar-refractivity contribution >= 4 is 33.4 Å². The van der Waals surface area contributed by atoms with Gasteiger partial charge in [-0.2, -0.15) is 10.4 Å². The number of carbonyl (C=O) groups is 2. The highest BCUT2D eigenvalue weighted by Crippen LogP contribution is 2.31. The molecule has 2 aromatic heterocycles. The maximum Gasteiger partial charge on any atom is 0.261 e. The molecule has 6 rings (SSSR count). The van der Waals surface area contributed by atoms with E-state index in [0.717, 1.165) is 11.1 Å². The van der Waals surface area contributed by atoms with Crippen LogP contribution in [0.3, 0.4) is 0 Å². The number of fused-ring (bicyclic) bond motifs is 3. The number of aromatic nitrogens is 3. The van der Waals surface area contributed by atoms with Crippen LogP contribution in [-0.2, 0) is 13.0 Å². The molecule has 0 fully saturated rings.